The van der Waals surface area contributed by atoms with Crippen molar-refractivity contribution < 1.29 is 15.0 Å². The summed E-state index contributed by atoms with van der Waals surface area (Å²) in [4.78, 5) is 12.9. The van der Waals surface area contributed by atoms with E-state index in [1.807, 2.05) is 6.92 Å². The van der Waals surface area contributed by atoms with Crippen LogP contribution in [0, 0.1) is 11.8 Å². The Labute approximate surface area is 78.2 Å². The molecule has 1 rings (SSSR count). The molecule has 13 heavy (non-hydrogen) atoms. The molecule has 0 spiro atoms. The molecule has 76 valence electrons. The predicted molar refractivity (Wildman–Crippen MR) is 48.4 cm³/mol. The number of hydrogen-bond acceptors (Lipinski definition) is 3. The monoisotopic (exact) mass is 187 g/mol. The Hall–Kier alpha value is -0.610. The van der Waals surface area contributed by atoms with Crippen LogP contribution >= 0.6 is 0 Å². The van der Waals surface area contributed by atoms with Crippen molar-refractivity contribution in [3.05, 3.63) is 0 Å². The molecular weight excluding hydrogens is 170 g/mol. The van der Waals surface area contributed by atoms with Gasteiger partial charge < -0.3 is 15.1 Å². The number of nitrogens with zero attached hydrogens (tertiary/aromatic N) is 1. The van der Waals surface area contributed by atoms with Crippen molar-refractivity contribution in [1.82, 2.24) is 4.90 Å². The van der Waals surface area contributed by atoms with Crippen LogP contribution in [0.15, 0.2) is 0 Å². The Morgan fingerprint density at radius 3 is 2.77 bits per heavy atom. The number of carboxylic acids is 1. The Morgan fingerprint density at radius 1 is 1.62 bits per heavy atom. The van der Waals surface area contributed by atoms with Crippen molar-refractivity contribution in [3.8, 4) is 0 Å². The molecule has 1 heterocycles. The van der Waals surface area contributed by atoms with Gasteiger partial charge in [-0.15, -0.1) is 0 Å². The molecule has 2 unspecified atom stereocenters. The lowest BCUT2D eigenvalue weighted by molar-refractivity contribution is -0.145. The third-order valence-electron chi connectivity index (χ3n) is 2.72. The van der Waals surface area contributed by atoms with Gasteiger partial charge in [0, 0.05) is 13.1 Å². The molecule has 0 radical (unpaired) electrons. The SMILES string of the molecule is CC1CN(CCO)CCC1C(=O)O. The van der Waals surface area contributed by atoms with Crippen molar-refractivity contribution in [2.24, 2.45) is 11.8 Å². The molecular formula is C9H17NO3. The van der Waals surface area contributed by atoms with Crippen LogP contribution in [0.5, 0.6) is 0 Å². The smallest absolute Gasteiger partial charge is 0.306 e. The molecule has 0 aromatic heterocycles. The van der Waals surface area contributed by atoms with E-state index in [0.29, 0.717) is 13.0 Å². The van der Waals surface area contributed by atoms with Gasteiger partial charge in [-0.1, -0.05) is 6.92 Å². The average molecular weight is 187 g/mol. The first-order valence-electron chi connectivity index (χ1n) is 4.71. The second kappa shape index (κ2) is 4.58. The van der Waals surface area contributed by atoms with E-state index >= 15 is 0 Å². The molecule has 1 saturated heterocycles. The van der Waals surface area contributed by atoms with E-state index in [2.05, 4.69) is 4.90 Å². The third kappa shape index (κ3) is 2.67. The van der Waals surface area contributed by atoms with Crippen LogP contribution in [0.4, 0.5) is 0 Å². The van der Waals surface area contributed by atoms with Crippen molar-refractivity contribution in [1.29, 1.82) is 0 Å². The van der Waals surface area contributed by atoms with Crippen LogP contribution < -0.4 is 0 Å². The highest BCUT2D eigenvalue weighted by Gasteiger charge is 2.30. The summed E-state index contributed by atoms with van der Waals surface area (Å²) in [6.45, 7) is 4.36. The van der Waals surface area contributed by atoms with Gasteiger partial charge in [0.2, 0.25) is 0 Å². The number of aliphatic hydroxyl groups is 1. The number of carbonyl (C=O) groups is 1. The summed E-state index contributed by atoms with van der Waals surface area (Å²) < 4.78 is 0. The molecule has 4 heteroatoms. The fourth-order valence-electron chi connectivity index (χ4n) is 1.94. The van der Waals surface area contributed by atoms with Gasteiger partial charge in [0.05, 0.1) is 12.5 Å². The van der Waals surface area contributed by atoms with E-state index in [-0.39, 0.29) is 18.4 Å². The molecule has 0 amide bonds. The normalized spacial score (nSPS) is 30.3. The highest BCUT2D eigenvalue weighted by Crippen LogP contribution is 2.22. The second-order valence-corrected chi connectivity index (χ2v) is 3.73. The molecule has 1 aliphatic rings. The summed E-state index contributed by atoms with van der Waals surface area (Å²) in [7, 11) is 0. The number of carboxylic acid groups (broad SMARTS) is 1. The molecule has 2 N–H and O–H groups in total. The summed E-state index contributed by atoms with van der Waals surface area (Å²) in [6.07, 6.45) is 0.705. The first kappa shape index (κ1) is 10.5. The van der Waals surface area contributed by atoms with Gasteiger partial charge in [-0.3, -0.25) is 4.79 Å². The molecule has 0 aromatic carbocycles. The van der Waals surface area contributed by atoms with Crippen molar-refractivity contribution in [3.63, 3.8) is 0 Å². The number of aliphatic hydroxyl groups excluding tert-OH is 1. The number of aliphatic carboxylic acids is 1. The summed E-state index contributed by atoms with van der Waals surface area (Å²) in [5.41, 5.74) is 0. The molecule has 0 bridgehead atoms. The maximum Gasteiger partial charge on any atom is 0.306 e. The minimum absolute atomic E-state index is 0.157. The molecule has 0 aliphatic carbocycles. The predicted octanol–water partition coefficient (Wildman–Crippen LogP) is 0.0213. The number of rotatable bonds is 3. The van der Waals surface area contributed by atoms with E-state index in [1.54, 1.807) is 0 Å². The standard InChI is InChI=1S/C9H17NO3/c1-7-6-10(4-5-11)3-2-8(7)9(12)13/h7-8,11H,2-6H2,1H3,(H,12,13). The number of likely N-dealkylation sites (tertiary alicyclic amines) is 1. The lowest BCUT2D eigenvalue weighted by Gasteiger charge is -2.34. The molecule has 1 fully saturated rings. The fraction of sp³-hybridized carbons (Fsp3) is 0.889. The average Bonchev–Trinajstić information content (AvgIpc) is 2.04. The molecule has 2 atom stereocenters. The van der Waals surface area contributed by atoms with Crippen LogP contribution in [-0.2, 0) is 4.79 Å². The van der Waals surface area contributed by atoms with E-state index in [9.17, 15) is 4.79 Å². The molecule has 0 saturated carbocycles. The minimum Gasteiger partial charge on any atom is -0.481 e. The lowest BCUT2D eigenvalue weighted by atomic mass is 9.87. The van der Waals surface area contributed by atoms with Crippen molar-refractivity contribution in [2.75, 3.05) is 26.2 Å². The third-order valence-corrected chi connectivity index (χ3v) is 2.72. The summed E-state index contributed by atoms with van der Waals surface area (Å²) in [6, 6.07) is 0. The van der Waals surface area contributed by atoms with Gasteiger partial charge in [-0.2, -0.15) is 0 Å². The second-order valence-electron chi connectivity index (χ2n) is 3.73. The first-order chi connectivity index (χ1) is 6.15. The maximum absolute atomic E-state index is 10.8. The Kier molecular flexibility index (Phi) is 3.69. The van der Waals surface area contributed by atoms with Gasteiger partial charge in [-0.25, -0.2) is 0 Å². The van der Waals surface area contributed by atoms with E-state index in [4.69, 9.17) is 10.2 Å². The van der Waals surface area contributed by atoms with Crippen molar-refractivity contribution >= 4 is 5.97 Å². The van der Waals surface area contributed by atoms with Crippen molar-refractivity contribution in [2.45, 2.75) is 13.3 Å². The Balaban J connectivity index is 2.42. The van der Waals surface area contributed by atoms with Crippen LogP contribution in [0.2, 0.25) is 0 Å². The highest BCUT2D eigenvalue weighted by atomic mass is 16.4. The van der Waals surface area contributed by atoms with Crippen LogP contribution in [0.3, 0.4) is 0 Å². The van der Waals surface area contributed by atoms with Crippen LogP contribution in [0.1, 0.15) is 13.3 Å². The largest absolute Gasteiger partial charge is 0.481 e. The molecule has 4 nitrogen and oxygen atoms in total. The number of piperidine rings is 1. The first-order valence-corrected chi connectivity index (χ1v) is 4.71. The van der Waals surface area contributed by atoms with Crippen LogP contribution in [0.25, 0.3) is 0 Å². The number of hydrogen-bond donors (Lipinski definition) is 2. The zero-order valence-corrected chi connectivity index (χ0v) is 7.94. The van der Waals surface area contributed by atoms with E-state index in [1.165, 1.54) is 0 Å². The summed E-state index contributed by atoms with van der Waals surface area (Å²) in [5, 5.41) is 17.6. The van der Waals surface area contributed by atoms with E-state index < -0.39 is 5.97 Å². The quantitative estimate of drug-likeness (QED) is 0.654. The molecule has 1 aliphatic heterocycles. The lowest BCUT2D eigenvalue weighted by Crippen LogP contribution is -2.43. The maximum atomic E-state index is 10.8. The summed E-state index contributed by atoms with van der Waals surface area (Å²) >= 11 is 0. The van der Waals surface area contributed by atoms with Gasteiger partial charge >= 0.3 is 5.97 Å². The van der Waals surface area contributed by atoms with Gasteiger partial charge in [0.1, 0.15) is 0 Å². The Morgan fingerprint density at radius 2 is 2.31 bits per heavy atom. The minimum atomic E-state index is -0.684. The zero-order chi connectivity index (χ0) is 9.84. The number of β-amino-alcohol motifs (C(OH)–C–C–N with tert-alkyl or cyclic N) is 1. The van der Waals surface area contributed by atoms with Gasteiger partial charge in [0.25, 0.3) is 0 Å². The van der Waals surface area contributed by atoms with Crippen LogP contribution in [-0.4, -0.2) is 47.3 Å². The Bertz CT molecular complexity index is 184. The topological polar surface area (TPSA) is 60.8 Å². The van der Waals surface area contributed by atoms with Gasteiger partial charge in [-0.05, 0) is 18.9 Å². The highest BCUT2D eigenvalue weighted by molar-refractivity contribution is 5.70. The van der Waals surface area contributed by atoms with Gasteiger partial charge in [0.15, 0.2) is 0 Å². The van der Waals surface area contributed by atoms with E-state index in [0.717, 1.165) is 13.1 Å². The zero-order valence-electron chi connectivity index (χ0n) is 7.94. The fourth-order valence-corrected chi connectivity index (χ4v) is 1.94. The molecule has 0 aromatic rings. The summed E-state index contributed by atoms with van der Waals surface area (Å²) in [5.74, 6) is -0.691.